The number of rotatable bonds is 9. The van der Waals surface area contributed by atoms with E-state index in [2.05, 4.69) is 6.92 Å². The molecule has 89 valence electrons. The molecule has 0 heterocycles. The van der Waals surface area contributed by atoms with Gasteiger partial charge in [-0.2, -0.15) is 0 Å². The van der Waals surface area contributed by atoms with Gasteiger partial charge in [0.1, 0.15) is 0 Å². The molecule has 0 aliphatic carbocycles. The van der Waals surface area contributed by atoms with Gasteiger partial charge in [0.15, 0.2) is 8.03 Å². The smallest absolute Gasteiger partial charge is 0.189 e. The quantitative estimate of drug-likeness (QED) is 0.511. The molecule has 4 heteroatoms. The number of unbranched alkanes of at least 4 members (excludes halogenated alkanes) is 7. The molecular weight excluding hydrogens is 242 g/mol. The van der Waals surface area contributed by atoms with E-state index >= 15 is 0 Å². The molecule has 2 nitrogen and oxygen atoms in total. The van der Waals surface area contributed by atoms with Gasteiger partial charge in [0, 0.05) is 22.9 Å². The van der Waals surface area contributed by atoms with Crippen molar-refractivity contribution in [1.29, 1.82) is 0 Å². The number of hydrogen-bond acceptors (Lipinski definition) is 1. The zero-order chi connectivity index (χ0) is 9.94. The summed E-state index contributed by atoms with van der Waals surface area (Å²) in [5, 5.41) is 0. The fourth-order valence-electron chi connectivity index (χ4n) is 1.41. The monoisotopic (exact) mass is 265 g/mol. The van der Waals surface area contributed by atoms with E-state index in [0.717, 1.165) is 12.8 Å². The molecule has 0 aliphatic heterocycles. The maximum Gasteiger partial charge on any atom is 0.189 e. The van der Waals surface area contributed by atoms with E-state index in [9.17, 15) is 4.57 Å². The molecule has 1 radical (unpaired) electrons. The second-order valence-corrected chi connectivity index (χ2v) is 4.91. The minimum Gasteiger partial charge on any atom is -0.346 e. The standard InChI is InChI=1S/C10H23O2P.Co/c1-2-3-4-5-6-7-8-9-10-13(11)12;/h13H,2-10H2,1H3,(H,11,12);. The van der Waals surface area contributed by atoms with Crippen LogP contribution >= 0.6 is 8.03 Å². The van der Waals surface area contributed by atoms with Crippen LogP contribution in [0.25, 0.3) is 0 Å². The molecule has 0 spiro atoms. The van der Waals surface area contributed by atoms with Crippen LogP contribution in [-0.4, -0.2) is 11.1 Å². The summed E-state index contributed by atoms with van der Waals surface area (Å²) in [6, 6.07) is 0. The van der Waals surface area contributed by atoms with Crippen LogP contribution in [0.2, 0.25) is 0 Å². The van der Waals surface area contributed by atoms with Crippen molar-refractivity contribution in [3.8, 4) is 0 Å². The largest absolute Gasteiger partial charge is 0.346 e. The van der Waals surface area contributed by atoms with Crippen LogP contribution in [0.15, 0.2) is 0 Å². The normalized spacial score (nSPS) is 12.1. The molecule has 0 aliphatic rings. The van der Waals surface area contributed by atoms with E-state index in [1.807, 2.05) is 0 Å². The minimum absolute atomic E-state index is 0. The van der Waals surface area contributed by atoms with Gasteiger partial charge >= 0.3 is 0 Å². The summed E-state index contributed by atoms with van der Waals surface area (Å²) < 4.78 is 10.4. The molecule has 1 N–H and O–H groups in total. The summed E-state index contributed by atoms with van der Waals surface area (Å²) in [5.74, 6) is 0. The van der Waals surface area contributed by atoms with Crippen molar-refractivity contribution in [2.24, 2.45) is 0 Å². The Morgan fingerprint density at radius 3 is 1.79 bits per heavy atom. The molecule has 0 saturated heterocycles. The first-order valence-corrected chi connectivity index (χ1v) is 7.05. The van der Waals surface area contributed by atoms with Crippen molar-refractivity contribution >= 4 is 8.03 Å². The van der Waals surface area contributed by atoms with Gasteiger partial charge in [-0.1, -0.05) is 51.9 Å². The molecule has 0 rings (SSSR count). The topological polar surface area (TPSA) is 37.3 Å². The van der Waals surface area contributed by atoms with Crippen LogP contribution in [0, 0.1) is 0 Å². The average molecular weight is 265 g/mol. The van der Waals surface area contributed by atoms with Crippen molar-refractivity contribution in [2.75, 3.05) is 6.16 Å². The summed E-state index contributed by atoms with van der Waals surface area (Å²) in [7, 11) is -2.19. The number of hydrogen-bond donors (Lipinski definition) is 1. The van der Waals surface area contributed by atoms with Crippen molar-refractivity contribution in [2.45, 2.75) is 58.3 Å². The van der Waals surface area contributed by atoms with Gasteiger partial charge in [0.25, 0.3) is 0 Å². The van der Waals surface area contributed by atoms with Crippen LogP contribution in [0.1, 0.15) is 58.3 Å². The molecule has 1 atom stereocenters. The molecular formula is C10H23CoO2P. The SMILES string of the molecule is CCCCCCCCCC[PH](=O)O.[Co]. The Morgan fingerprint density at radius 2 is 1.36 bits per heavy atom. The third-order valence-electron chi connectivity index (χ3n) is 2.24. The predicted molar refractivity (Wildman–Crippen MR) is 58.7 cm³/mol. The molecule has 14 heavy (non-hydrogen) atoms. The maximum atomic E-state index is 10.4. The Balaban J connectivity index is 0. The molecule has 0 fully saturated rings. The second kappa shape index (κ2) is 13.7. The van der Waals surface area contributed by atoms with Crippen molar-refractivity contribution in [3.63, 3.8) is 0 Å². The Kier molecular flexibility index (Phi) is 16.7. The predicted octanol–water partition coefficient (Wildman–Crippen LogP) is 3.59. The van der Waals surface area contributed by atoms with E-state index in [1.54, 1.807) is 0 Å². The average Bonchev–Trinajstić information content (AvgIpc) is 2.09. The summed E-state index contributed by atoms with van der Waals surface area (Å²) >= 11 is 0. The molecule has 0 aromatic rings. The third kappa shape index (κ3) is 15.2. The Morgan fingerprint density at radius 1 is 0.929 bits per heavy atom. The van der Waals surface area contributed by atoms with Gasteiger partial charge in [-0.05, 0) is 6.42 Å². The van der Waals surface area contributed by atoms with Gasteiger partial charge in [0.2, 0.25) is 0 Å². The summed E-state index contributed by atoms with van der Waals surface area (Å²) in [4.78, 5) is 8.57. The van der Waals surface area contributed by atoms with E-state index in [-0.39, 0.29) is 16.8 Å². The Labute approximate surface area is 98.9 Å². The van der Waals surface area contributed by atoms with Crippen molar-refractivity contribution in [1.82, 2.24) is 0 Å². The third-order valence-corrected chi connectivity index (χ3v) is 3.03. The first kappa shape index (κ1) is 17.1. The van der Waals surface area contributed by atoms with Gasteiger partial charge < -0.3 is 4.89 Å². The van der Waals surface area contributed by atoms with Crippen LogP contribution < -0.4 is 0 Å². The summed E-state index contributed by atoms with van der Waals surface area (Å²) in [6.07, 6.45) is 10.5. The molecule has 0 bridgehead atoms. The fourth-order valence-corrected chi connectivity index (χ4v) is 1.96. The fraction of sp³-hybridized carbons (Fsp3) is 1.00. The first-order valence-electron chi connectivity index (χ1n) is 5.49. The second-order valence-electron chi connectivity index (χ2n) is 3.62. The van der Waals surface area contributed by atoms with Gasteiger partial charge in [-0.3, -0.25) is 4.57 Å². The van der Waals surface area contributed by atoms with E-state index in [0.29, 0.717) is 6.16 Å². The maximum absolute atomic E-state index is 10.4. The summed E-state index contributed by atoms with van der Waals surface area (Å²) in [5.41, 5.74) is 0. The molecule has 1 unspecified atom stereocenters. The molecule has 0 aromatic carbocycles. The first-order chi connectivity index (χ1) is 6.27. The zero-order valence-electron chi connectivity index (χ0n) is 9.05. The minimum atomic E-state index is -2.19. The van der Waals surface area contributed by atoms with E-state index < -0.39 is 8.03 Å². The van der Waals surface area contributed by atoms with Crippen LogP contribution in [0.5, 0.6) is 0 Å². The molecule has 0 amide bonds. The van der Waals surface area contributed by atoms with Crippen LogP contribution in [-0.2, 0) is 21.3 Å². The Bertz CT molecular complexity index is 131. The van der Waals surface area contributed by atoms with Gasteiger partial charge in [-0.25, -0.2) is 0 Å². The van der Waals surface area contributed by atoms with Crippen molar-refractivity contribution < 1.29 is 26.2 Å². The van der Waals surface area contributed by atoms with Crippen molar-refractivity contribution in [3.05, 3.63) is 0 Å². The zero-order valence-corrected chi connectivity index (χ0v) is 11.1. The van der Waals surface area contributed by atoms with E-state index in [4.69, 9.17) is 4.89 Å². The molecule has 0 aromatic heterocycles. The van der Waals surface area contributed by atoms with Crippen LogP contribution in [0.4, 0.5) is 0 Å². The molecule has 0 saturated carbocycles. The Hall–Kier alpha value is 0.696. The van der Waals surface area contributed by atoms with E-state index in [1.165, 1.54) is 38.5 Å². The van der Waals surface area contributed by atoms with Gasteiger partial charge in [-0.15, -0.1) is 0 Å². The van der Waals surface area contributed by atoms with Crippen LogP contribution in [0.3, 0.4) is 0 Å². The summed E-state index contributed by atoms with van der Waals surface area (Å²) in [6.45, 7) is 2.22. The van der Waals surface area contributed by atoms with Gasteiger partial charge in [0.05, 0.1) is 0 Å².